The lowest BCUT2D eigenvalue weighted by atomic mass is 9.75. The van der Waals surface area contributed by atoms with Crippen LogP contribution in [-0.2, 0) is 0 Å². The molecule has 1 heterocycles. The molecule has 1 aromatic carbocycles. The van der Waals surface area contributed by atoms with Crippen LogP contribution in [0, 0.1) is 0 Å². The molecular formula is C16H18ClNS. The Labute approximate surface area is 123 Å². The molecule has 0 amide bonds. The molecule has 1 saturated carbocycles. The third-order valence-electron chi connectivity index (χ3n) is 3.91. The number of nitrogens with one attached hydrogen (secondary N) is 1. The van der Waals surface area contributed by atoms with Crippen LogP contribution in [0.1, 0.15) is 42.2 Å². The molecule has 1 atom stereocenters. The average molecular weight is 292 g/mol. The van der Waals surface area contributed by atoms with E-state index in [4.69, 9.17) is 11.6 Å². The summed E-state index contributed by atoms with van der Waals surface area (Å²) in [6, 6.07) is 13.7. The van der Waals surface area contributed by atoms with Crippen LogP contribution < -0.4 is 5.32 Å². The molecule has 1 fully saturated rings. The van der Waals surface area contributed by atoms with Gasteiger partial charge >= 0.3 is 0 Å². The van der Waals surface area contributed by atoms with Crippen LogP contribution in [0.4, 0.5) is 0 Å². The van der Waals surface area contributed by atoms with Crippen LogP contribution in [0.2, 0.25) is 5.02 Å². The van der Waals surface area contributed by atoms with E-state index in [2.05, 4.69) is 41.9 Å². The highest BCUT2D eigenvalue weighted by Gasteiger charge is 2.31. The SMILES string of the molecule is C[C@@H](NC1CC(c2cccc(Cl)c2)C1)c1cccs1. The van der Waals surface area contributed by atoms with E-state index >= 15 is 0 Å². The zero-order chi connectivity index (χ0) is 13.2. The quantitative estimate of drug-likeness (QED) is 0.836. The second-order valence-electron chi connectivity index (χ2n) is 5.32. The van der Waals surface area contributed by atoms with E-state index in [0.29, 0.717) is 18.0 Å². The highest BCUT2D eigenvalue weighted by Crippen LogP contribution is 2.38. The molecule has 0 saturated heterocycles. The number of benzene rings is 1. The van der Waals surface area contributed by atoms with Crippen molar-refractivity contribution in [2.45, 2.75) is 37.8 Å². The van der Waals surface area contributed by atoms with Crippen molar-refractivity contribution < 1.29 is 0 Å². The van der Waals surface area contributed by atoms with Gasteiger partial charge in [-0.25, -0.2) is 0 Å². The predicted octanol–water partition coefficient (Wildman–Crippen LogP) is 5.00. The summed E-state index contributed by atoms with van der Waals surface area (Å²) in [6.07, 6.45) is 2.44. The Bertz CT molecular complexity index is 531. The van der Waals surface area contributed by atoms with Gasteiger partial charge in [-0.15, -0.1) is 11.3 Å². The van der Waals surface area contributed by atoms with E-state index in [1.54, 1.807) is 0 Å². The molecule has 1 N–H and O–H groups in total. The second-order valence-corrected chi connectivity index (χ2v) is 6.74. The number of hydrogen-bond acceptors (Lipinski definition) is 2. The Kier molecular flexibility index (Phi) is 3.92. The van der Waals surface area contributed by atoms with Gasteiger partial charge in [-0.1, -0.05) is 29.8 Å². The van der Waals surface area contributed by atoms with Gasteiger partial charge in [0.15, 0.2) is 0 Å². The second kappa shape index (κ2) is 5.66. The summed E-state index contributed by atoms with van der Waals surface area (Å²) >= 11 is 7.87. The summed E-state index contributed by atoms with van der Waals surface area (Å²) in [7, 11) is 0. The van der Waals surface area contributed by atoms with Crippen molar-refractivity contribution in [1.29, 1.82) is 0 Å². The Morgan fingerprint density at radius 2 is 2.11 bits per heavy atom. The van der Waals surface area contributed by atoms with Gasteiger partial charge in [-0.05, 0) is 54.8 Å². The number of hydrogen-bond donors (Lipinski definition) is 1. The predicted molar refractivity (Wildman–Crippen MR) is 83.1 cm³/mol. The van der Waals surface area contributed by atoms with Crippen LogP contribution in [0.3, 0.4) is 0 Å². The van der Waals surface area contributed by atoms with Crippen molar-refractivity contribution in [2.24, 2.45) is 0 Å². The standard InChI is InChI=1S/C16H18ClNS/c1-11(16-6-3-7-19-16)18-15-9-13(10-15)12-4-2-5-14(17)8-12/h2-8,11,13,15,18H,9-10H2,1H3/t11-,13?,15?/m1/s1. The highest BCUT2D eigenvalue weighted by molar-refractivity contribution is 7.10. The van der Waals surface area contributed by atoms with E-state index < -0.39 is 0 Å². The number of thiophene rings is 1. The van der Waals surface area contributed by atoms with Crippen molar-refractivity contribution in [3.05, 3.63) is 57.2 Å². The Morgan fingerprint density at radius 1 is 1.26 bits per heavy atom. The first-order valence-electron chi connectivity index (χ1n) is 6.77. The first-order chi connectivity index (χ1) is 9.22. The van der Waals surface area contributed by atoms with Gasteiger partial charge in [0.1, 0.15) is 0 Å². The molecule has 3 rings (SSSR count). The van der Waals surface area contributed by atoms with Gasteiger partial charge in [-0.3, -0.25) is 0 Å². The van der Waals surface area contributed by atoms with Crippen LogP contribution in [-0.4, -0.2) is 6.04 Å². The largest absolute Gasteiger partial charge is 0.307 e. The summed E-state index contributed by atoms with van der Waals surface area (Å²) in [5, 5.41) is 6.70. The van der Waals surface area contributed by atoms with Crippen molar-refractivity contribution in [2.75, 3.05) is 0 Å². The fourth-order valence-electron chi connectivity index (χ4n) is 2.76. The lowest BCUT2D eigenvalue weighted by Gasteiger charge is -2.38. The Morgan fingerprint density at radius 3 is 2.79 bits per heavy atom. The fourth-order valence-corrected chi connectivity index (χ4v) is 3.70. The first kappa shape index (κ1) is 13.2. The minimum atomic E-state index is 0.463. The molecule has 1 aromatic heterocycles. The molecule has 3 heteroatoms. The van der Waals surface area contributed by atoms with Gasteiger partial charge in [0.05, 0.1) is 0 Å². The summed E-state index contributed by atoms with van der Waals surface area (Å²) in [6.45, 7) is 2.25. The van der Waals surface area contributed by atoms with Gasteiger partial charge in [0.25, 0.3) is 0 Å². The van der Waals surface area contributed by atoms with E-state index in [9.17, 15) is 0 Å². The zero-order valence-electron chi connectivity index (χ0n) is 11.0. The molecule has 0 radical (unpaired) electrons. The van der Waals surface area contributed by atoms with Crippen LogP contribution in [0.25, 0.3) is 0 Å². The van der Waals surface area contributed by atoms with Crippen LogP contribution >= 0.6 is 22.9 Å². The van der Waals surface area contributed by atoms with Crippen molar-refractivity contribution >= 4 is 22.9 Å². The van der Waals surface area contributed by atoms with Gasteiger partial charge in [0, 0.05) is 22.0 Å². The van der Waals surface area contributed by atoms with E-state index in [0.717, 1.165) is 5.02 Å². The van der Waals surface area contributed by atoms with Crippen LogP contribution in [0.15, 0.2) is 41.8 Å². The molecule has 0 aliphatic heterocycles. The van der Waals surface area contributed by atoms with Crippen molar-refractivity contribution in [3.8, 4) is 0 Å². The lowest BCUT2D eigenvalue weighted by molar-refractivity contribution is 0.272. The summed E-state index contributed by atoms with van der Waals surface area (Å²) in [5.41, 5.74) is 1.38. The smallest absolute Gasteiger partial charge is 0.0408 e. The molecule has 0 spiro atoms. The van der Waals surface area contributed by atoms with Crippen molar-refractivity contribution in [3.63, 3.8) is 0 Å². The number of rotatable bonds is 4. The monoisotopic (exact) mass is 291 g/mol. The average Bonchev–Trinajstić information content (AvgIpc) is 2.86. The van der Waals surface area contributed by atoms with Crippen molar-refractivity contribution in [1.82, 2.24) is 5.32 Å². The molecule has 1 aliphatic rings. The zero-order valence-corrected chi connectivity index (χ0v) is 12.5. The summed E-state index contributed by atoms with van der Waals surface area (Å²) in [5.74, 6) is 0.673. The molecule has 2 aromatic rings. The van der Waals surface area contributed by atoms with Gasteiger partial charge < -0.3 is 5.32 Å². The summed E-state index contributed by atoms with van der Waals surface area (Å²) in [4.78, 5) is 1.42. The number of halogens is 1. The molecule has 19 heavy (non-hydrogen) atoms. The molecule has 0 unspecified atom stereocenters. The maximum Gasteiger partial charge on any atom is 0.0408 e. The minimum absolute atomic E-state index is 0.463. The molecule has 100 valence electrons. The normalized spacial score (nSPS) is 23.9. The van der Waals surface area contributed by atoms with Crippen LogP contribution in [0.5, 0.6) is 0 Å². The molecule has 0 bridgehead atoms. The highest BCUT2D eigenvalue weighted by atomic mass is 35.5. The van der Waals surface area contributed by atoms with Gasteiger partial charge in [0.2, 0.25) is 0 Å². The topological polar surface area (TPSA) is 12.0 Å². The third kappa shape index (κ3) is 3.02. The maximum atomic E-state index is 6.04. The third-order valence-corrected chi connectivity index (χ3v) is 5.20. The minimum Gasteiger partial charge on any atom is -0.307 e. The fraction of sp³-hybridized carbons (Fsp3) is 0.375. The van der Waals surface area contributed by atoms with Gasteiger partial charge in [-0.2, -0.15) is 0 Å². The Hall–Kier alpha value is -0.830. The van der Waals surface area contributed by atoms with E-state index in [1.165, 1.54) is 23.3 Å². The Balaban J connectivity index is 1.53. The van der Waals surface area contributed by atoms with E-state index in [-0.39, 0.29) is 0 Å². The first-order valence-corrected chi connectivity index (χ1v) is 8.03. The molecular weight excluding hydrogens is 274 g/mol. The lowest BCUT2D eigenvalue weighted by Crippen LogP contribution is -2.41. The summed E-state index contributed by atoms with van der Waals surface area (Å²) < 4.78 is 0. The molecule has 1 nitrogen and oxygen atoms in total. The maximum absolute atomic E-state index is 6.04. The molecule has 1 aliphatic carbocycles. The van der Waals surface area contributed by atoms with E-state index in [1.807, 2.05) is 23.5 Å².